The Morgan fingerprint density at radius 2 is 2.10 bits per heavy atom. The molecule has 6 heteroatoms. The maximum absolute atomic E-state index is 12.0. The summed E-state index contributed by atoms with van der Waals surface area (Å²) in [4.78, 5) is 24.7. The first-order chi connectivity index (χ1) is 9.56. The number of nitrogens with zero attached hydrogens (tertiary/aromatic N) is 1. The zero-order valence-electron chi connectivity index (χ0n) is 12.0. The molecule has 1 aliphatic carbocycles. The third-order valence-corrected chi connectivity index (χ3v) is 3.87. The van der Waals surface area contributed by atoms with E-state index in [-0.39, 0.29) is 11.9 Å². The fourth-order valence-corrected chi connectivity index (χ4v) is 2.57. The normalized spacial score (nSPS) is 26.4. The van der Waals surface area contributed by atoms with Crippen LogP contribution in [0.1, 0.15) is 26.2 Å². The van der Waals surface area contributed by atoms with Gasteiger partial charge in [0.05, 0.1) is 12.5 Å². The van der Waals surface area contributed by atoms with E-state index in [1.165, 1.54) is 12.8 Å². The number of carboxylic acids is 1. The number of carboxylic acid groups (broad SMARTS) is 1. The van der Waals surface area contributed by atoms with E-state index in [1.54, 1.807) is 4.90 Å². The van der Waals surface area contributed by atoms with Gasteiger partial charge in [-0.15, -0.1) is 0 Å². The smallest absolute Gasteiger partial charge is 0.317 e. The molecule has 114 valence electrons. The van der Waals surface area contributed by atoms with Crippen LogP contribution < -0.4 is 5.32 Å². The zero-order chi connectivity index (χ0) is 14.5. The second kappa shape index (κ2) is 6.92. The van der Waals surface area contributed by atoms with E-state index in [4.69, 9.17) is 9.84 Å². The summed E-state index contributed by atoms with van der Waals surface area (Å²) >= 11 is 0. The summed E-state index contributed by atoms with van der Waals surface area (Å²) in [6.45, 7) is 4.70. The van der Waals surface area contributed by atoms with E-state index in [0.717, 1.165) is 12.5 Å². The fourth-order valence-electron chi connectivity index (χ4n) is 2.57. The van der Waals surface area contributed by atoms with Crippen LogP contribution in [0, 0.1) is 17.8 Å². The van der Waals surface area contributed by atoms with E-state index in [0.29, 0.717) is 32.7 Å². The molecule has 2 unspecified atom stereocenters. The summed E-state index contributed by atoms with van der Waals surface area (Å²) in [6.07, 6.45) is 3.16. The van der Waals surface area contributed by atoms with Crippen LogP contribution in [0.25, 0.3) is 0 Å². The van der Waals surface area contributed by atoms with Gasteiger partial charge in [0, 0.05) is 26.2 Å². The highest BCUT2D eigenvalue weighted by atomic mass is 16.5. The zero-order valence-corrected chi connectivity index (χ0v) is 12.0. The predicted molar refractivity (Wildman–Crippen MR) is 73.4 cm³/mol. The Balaban J connectivity index is 1.66. The van der Waals surface area contributed by atoms with Crippen LogP contribution in [-0.4, -0.2) is 54.9 Å². The number of likely N-dealkylation sites (tertiary alicyclic amines) is 1. The molecule has 2 N–H and O–H groups in total. The molecule has 1 saturated heterocycles. The summed E-state index contributed by atoms with van der Waals surface area (Å²) < 4.78 is 5.45. The third-order valence-electron chi connectivity index (χ3n) is 3.87. The summed E-state index contributed by atoms with van der Waals surface area (Å²) in [7, 11) is 0. The van der Waals surface area contributed by atoms with E-state index < -0.39 is 11.9 Å². The summed E-state index contributed by atoms with van der Waals surface area (Å²) in [5, 5.41) is 11.9. The molecule has 2 rings (SSSR count). The average molecular weight is 284 g/mol. The number of piperidine rings is 1. The number of rotatable bonds is 6. The SMILES string of the molecule is CC1CC(C(=O)O)CN(C(=O)NCCOCC2CC2)C1. The number of hydrogen-bond donors (Lipinski definition) is 2. The maximum Gasteiger partial charge on any atom is 0.317 e. The standard InChI is InChI=1S/C14H24N2O4/c1-10-6-12(13(17)18)8-16(7-10)14(19)15-4-5-20-9-11-2-3-11/h10-12H,2-9H2,1H3,(H,15,19)(H,17,18). The van der Waals surface area contributed by atoms with Crippen molar-refractivity contribution in [2.24, 2.45) is 17.8 Å². The lowest BCUT2D eigenvalue weighted by atomic mass is 9.91. The molecular formula is C14H24N2O4. The number of urea groups is 1. The molecule has 0 aromatic rings. The topological polar surface area (TPSA) is 78.9 Å². The molecule has 0 spiro atoms. The van der Waals surface area contributed by atoms with Crippen molar-refractivity contribution in [2.75, 3.05) is 32.8 Å². The maximum atomic E-state index is 12.0. The average Bonchev–Trinajstić information content (AvgIpc) is 3.21. The first-order valence-corrected chi connectivity index (χ1v) is 7.39. The Bertz CT molecular complexity index is 357. The van der Waals surface area contributed by atoms with Crippen LogP contribution >= 0.6 is 0 Å². The molecule has 0 radical (unpaired) electrons. The molecule has 1 aliphatic heterocycles. The van der Waals surface area contributed by atoms with Crippen molar-refractivity contribution in [1.29, 1.82) is 0 Å². The van der Waals surface area contributed by atoms with Crippen molar-refractivity contribution in [1.82, 2.24) is 10.2 Å². The molecule has 6 nitrogen and oxygen atoms in total. The lowest BCUT2D eigenvalue weighted by Crippen LogP contribution is -2.50. The Morgan fingerprint density at radius 1 is 1.35 bits per heavy atom. The first-order valence-electron chi connectivity index (χ1n) is 7.39. The van der Waals surface area contributed by atoms with Gasteiger partial charge in [0.2, 0.25) is 0 Å². The van der Waals surface area contributed by atoms with Crippen molar-refractivity contribution in [3.63, 3.8) is 0 Å². The molecule has 2 amide bonds. The second-order valence-corrected chi connectivity index (χ2v) is 6.03. The summed E-state index contributed by atoms with van der Waals surface area (Å²) in [5.74, 6) is -0.315. The highest BCUT2D eigenvalue weighted by Gasteiger charge is 2.31. The lowest BCUT2D eigenvalue weighted by Gasteiger charge is -2.34. The van der Waals surface area contributed by atoms with Gasteiger partial charge < -0.3 is 20.1 Å². The quantitative estimate of drug-likeness (QED) is 0.718. The van der Waals surface area contributed by atoms with Crippen LogP contribution in [0.3, 0.4) is 0 Å². The Kier molecular flexibility index (Phi) is 5.23. The lowest BCUT2D eigenvalue weighted by molar-refractivity contribution is -0.143. The minimum absolute atomic E-state index is 0.183. The summed E-state index contributed by atoms with van der Waals surface area (Å²) in [6, 6.07) is -0.183. The Morgan fingerprint density at radius 3 is 2.75 bits per heavy atom. The van der Waals surface area contributed by atoms with Crippen LogP contribution in [-0.2, 0) is 9.53 Å². The van der Waals surface area contributed by atoms with Gasteiger partial charge in [-0.2, -0.15) is 0 Å². The van der Waals surface area contributed by atoms with E-state index in [9.17, 15) is 9.59 Å². The molecule has 1 saturated carbocycles. The molecule has 1 heterocycles. The number of amides is 2. The second-order valence-electron chi connectivity index (χ2n) is 6.03. The van der Waals surface area contributed by atoms with Crippen molar-refractivity contribution in [3.05, 3.63) is 0 Å². The number of aliphatic carboxylic acids is 1. The summed E-state index contributed by atoms with van der Waals surface area (Å²) in [5.41, 5.74) is 0. The molecule has 0 aromatic heterocycles. The Hall–Kier alpha value is -1.30. The van der Waals surface area contributed by atoms with E-state index in [1.807, 2.05) is 6.92 Å². The van der Waals surface area contributed by atoms with Gasteiger partial charge in [-0.25, -0.2) is 4.79 Å². The molecule has 0 bridgehead atoms. The van der Waals surface area contributed by atoms with E-state index in [2.05, 4.69) is 5.32 Å². The highest BCUT2D eigenvalue weighted by molar-refractivity contribution is 5.76. The van der Waals surface area contributed by atoms with E-state index >= 15 is 0 Å². The largest absolute Gasteiger partial charge is 0.481 e. The molecule has 2 fully saturated rings. The fraction of sp³-hybridized carbons (Fsp3) is 0.857. The van der Waals surface area contributed by atoms with Crippen molar-refractivity contribution in [3.8, 4) is 0 Å². The number of nitrogens with one attached hydrogen (secondary N) is 1. The van der Waals surface area contributed by atoms with Gasteiger partial charge in [0.15, 0.2) is 0 Å². The highest BCUT2D eigenvalue weighted by Crippen LogP contribution is 2.28. The van der Waals surface area contributed by atoms with Gasteiger partial charge in [-0.1, -0.05) is 6.92 Å². The Labute approximate surface area is 119 Å². The van der Waals surface area contributed by atoms with Crippen molar-refractivity contribution >= 4 is 12.0 Å². The monoisotopic (exact) mass is 284 g/mol. The van der Waals surface area contributed by atoms with Gasteiger partial charge in [-0.3, -0.25) is 4.79 Å². The number of carbonyl (C=O) groups excluding carboxylic acids is 1. The van der Waals surface area contributed by atoms with Gasteiger partial charge in [0.25, 0.3) is 0 Å². The number of ether oxygens (including phenoxy) is 1. The van der Waals surface area contributed by atoms with Crippen molar-refractivity contribution in [2.45, 2.75) is 26.2 Å². The van der Waals surface area contributed by atoms with Crippen LogP contribution in [0.15, 0.2) is 0 Å². The third kappa shape index (κ3) is 4.67. The van der Waals surface area contributed by atoms with Crippen LogP contribution in [0.4, 0.5) is 4.79 Å². The van der Waals surface area contributed by atoms with Crippen LogP contribution in [0.2, 0.25) is 0 Å². The molecule has 0 aromatic carbocycles. The molecule has 20 heavy (non-hydrogen) atoms. The minimum Gasteiger partial charge on any atom is -0.481 e. The molecule has 2 atom stereocenters. The van der Waals surface area contributed by atoms with Gasteiger partial charge >= 0.3 is 12.0 Å². The van der Waals surface area contributed by atoms with Crippen molar-refractivity contribution < 1.29 is 19.4 Å². The first kappa shape index (κ1) is 15.1. The molecular weight excluding hydrogens is 260 g/mol. The van der Waals surface area contributed by atoms with Gasteiger partial charge in [-0.05, 0) is 31.1 Å². The number of carbonyl (C=O) groups is 2. The molecule has 2 aliphatic rings. The van der Waals surface area contributed by atoms with Gasteiger partial charge in [0.1, 0.15) is 0 Å². The number of hydrogen-bond acceptors (Lipinski definition) is 3. The minimum atomic E-state index is -0.817. The predicted octanol–water partition coefficient (Wildman–Crippen LogP) is 1.17. The van der Waals surface area contributed by atoms with Crippen LogP contribution in [0.5, 0.6) is 0 Å².